The maximum absolute atomic E-state index is 13.0. The van der Waals surface area contributed by atoms with Gasteiger partial charge in [-0.2, -0.15) is 0 Å². The molecule has 5 rings (SSSR count). The fraction of sp³-hybridized carbons (Fsp3) is 0.115. The van der Waals surface area contributed by atoms with E-state index in [-0.39, 0.29) is 5.78 Å². The molecule has 0 saturated carbocycles. The van der Waals surface area contributed by atoms with Crippen LogP contribution in [0, 0.1) is 6.92 Å². The van der Waals surface area contributed by atoms with Crippen molar-refractivity contribution in [3.8, 4) is 11.5 Å². The molecule has 1 aromatic heterocycles. The first kappa shape index (κ1) is 20.7. The van der Waals surface area contributed by atoms with Gasteiger partial charge in [-0.25, -0.2) is 0 Å². The fourth-order valence-corrected chi connectivity index (χ4v) is 4.26. The van der Waals surface area contributed by atoms with Crippen molar-refractivity contribution in [2.24, 2.45) is 7.05 Å². The average Bonchev–Trinajstić information content (AvgIpc) is 3.28. The van der Waals surface area contributed by atoms with Crippen LogP contribution in [0.5, 0.6) is 11.5 Å². The first-order chi connectivity index (χ1) is 15.4. The van der Waals surface area contributed by atoms with Gasteiger partial charge in [0.1, 0.15) is 18.1 Å². The lowest BCUT2D eigenvalue weighted by atomic mass is 10.1. The quantitative estimate of drug-likeness (QED) is 0.306. The van der Waals surface area contributed by atoms with Crippen molar-refractivity contribution >= 4 is 46.0 Å². The summed E-state index contributed by atoms with van der Waals surface area (Å²) in [4.78, 5) is 13.0. The molecule has 6 heteroatoms. The number of para-hydroxylation sites is 1. The molecule has 0 spiro atoms. The Morgan fingerprint density at radius 3 is 2.69 bits per heavy atom. The molecule has 0 bridgehead atoms. The molecule has 0 unspecified atom stereocenters. The average molecular weight is 464 g/mol. The molecule has 2 heterocycles. The molecular formula is C26H19Cl2NO3. The molecule has 0 fully saturated rings. The van der Waals surface area contributed by atoms with E-state index in [0.717, 1.165) is 27.6 Å². The highest BCUT2D eigenvalue weighted by molar-refractivity contribution is 6.42. The number of benzene rings is 3. The standard InChI is InChI=1S/C26H19Cl2NO3/c1-15-23(31-14-16-7-9-20(27)21(28)11-16)10-8-19-25(30)24(32-26(15)19)12-17-13-29(2)22-6-4-3-5-18(17)22/h3-13H,14H2,1-2H3. The number of allylic oxidation sites excluding steroid dienone is 1. The van der Waals surface area contributed by atoms with Crippen LogP contribution in [0.1, 0.15) is 27.0 Å². The molecule has 3 aromatic carbocycles. The van der Waals surface area contributed by atoms with Crippen LogP contribution in [0.4, 0.5) is 0 Å². The smallest absolute Gasteiger partial charge is 0.231 e. The van der Waals surface area contributed by atoms with E-state index in [2.05, 4.69) is 0 Å². The molecule has 4 aromatic rings. The van der Waals surface area contributed by atoms with Gasteiger partial charge in [-0.1, -0.05) is 47.5 Å². The van der Waals surface area contributed by atoms with Gasteiger partial charge >= 0.3 is 0 Å². The second kappa shape index (κ2) is 8.05. The van der Waals surface area contributed by atoms with Crippen LogP contribution < -0.4 is 9.47 Å². The third kappa shape index (κ3) is 3.56. The second-order valence-corrected chi connectivity index (χ2v) is 8.57. The number of aryl methyl sites for hydroxylation is 1. The second-order valence-electron chi connectivity index (χ2n) is 7.75. The Kier molecular flexibility index (Phi) is 5.20. The van der Waals surface area contributed by atoms with E-state index in [0.29, 0.717) is 39.5 Å². The van der Waals surface area contributed by atoms with Gasteiger partial charge in [0.2, 0.25) is 5.78 Å². The van der Waals surface area contributed by atoms with E-state index in [9.17, 15) is 4.79 Å². The monoisotopic (exact) mass is 463 g/mol. The molecule has 160 valence electrons. The molecule has 0 saturated heterocycles. The highest BCUT2D eigenvalue weighted by atomic mass is 35.5. The summed E-state index contributed by atoms with van der Waals surface area (Å²) in [6, 6.07) is 17.0. The number of rotatable bonds is 4. The van der Waals surface area contributed by atoms with Crippen molar-refractivity contribution < 1.29 is 14.3 Å². The number of nitrogens with zero attached hydrogens (tertiary/aromatic N) is 1. The van der Waals surface area contributed by atoms with Gasteiger partial charge in [0.15, 0.2) is 5.76 Å². The van der Waals surface area contributed by atoms with Crippen LogP contribution in [0.3, 0.4) is 0 Å². The summed E-state index contributed by atoms with van der Waals surface area (Å²) in [6.07, 6.45) is 3.80. The van der Waals surface area contributed by atoms with Crippen LogP contribution in [0.2, 0.25) is 10.0 Å². The zero-order valence-electron chi connectivity index (χ0n) is 17.5. The highest BCUT2D eigenvalue weighted by Crippen LogP contribution is 2.40. The molecule has 0 aliphatic carbocycles. The largest absolute Gasteiger partial charge is 0.488 e. The molecule has 1 aliphatic rings. The molecule has 0 atom stereocenters. The summed E-state index contributed by atoms with van der Waals surface area (Å²) >= 11 is 12.1. The SMILES string of the molecule is Cc1c(OCc2ccc(Cl)c(Cl)c2)ccc2c1OC(=Cc1cn(C)c3ccccc13)C2=O. The Morgan fingerprint density at radius 2 is 1.88 bits per heavy atom. The van der Waals surface area contributed by atoms with Gasteiger partial charge in [-0.05, 0) is 48.9 Å². The van der Waals surface area contributed by atoms with Crippen LogP contribution in [-0.4, -0.2) is 10.4 Å². The highest BCUT2D eigenvalue weighted by Gasteiger charge is 2.30. The van der Waals surface area contributed by atoms with Crippen molar-refractivity contribution in [2.45, 2.75) is 13.5 Å². The minimum absolute atomic E-state index is 0.132. The van der Waals surface area contributed by atoms with Gasteiger partial charge in [0.25, 0.3) is 0 Å². The number of halogens is 2. The number of hydrogen-bond donors (Lipinski definition) is 0. The lowest BCUT2D eigenvalue weighted by Crippen LogP contribution is -1.98. The third-order valence-electron chi connectivity index (χ3n) is 5.63. The van der Waals surface area contributed by atoms with Crippen molar-refractivity contribution in [3.05, 3.63) is 98.9 Å². The Morgan fingerprint density at radius 1 is 1.06 bits per heavy atom. The first-order valence-corrected chi connectivity index (χ1v) is 10.9. The Balaban J connectivity index is 1.42. The number of carbonyl (C=O) groups is 1. The van der Waals surface area contributed by atoms with Gasteiger partial charge < -0.3 is 14.0 Å². The molecule has 0 amide bonds. The van der Waals surface area contributed by atoms with Crippen LogP contribution >= 0.6 is 23.2 Å². The summed E-state index contributed by atoms with van der Waals surface area (Å²) in [5.74, 6) is 1.36. The molecule has 1 aliphatic heterocycles. The van der Waals surface area contributed by atoms with Crippen molar-refractivity contribution in [2.75, 3.05) is 0 Å². The minimum Gasteiger partial charge on any atom is -0.488 e. The van der Waals surface area contributed by atoms with Crippen molar-refractivity contribution in [1.82, 2.24) is 4.57 Å². The van der Waals surface area contributed by atoms with E-state index in [1.165, 1.54) is 0 Å². The molecular weight excluding hydrogens is 445 g/mol. The van der Waals surface area contributed by atoms with E-state index < -0.39 is 0 Å². The minimum atomic E-state index is -0.132. The van der Waals surface area contributed by atoms with Crippen LogP contribution in [0.25, 0.3) is 17.0 Å². The number of ketones is 1. The van der Waals surface area contributed by atoms with Crippen molar-refractivity contribution in [3.63, 3.8) is 0 Å². The summed E-state index contributed by atoms with van der Waals surface area (Å²) in [5.41, 5.74) is 4.24. The molecule has 0 N–H and O–H groups in total. The van der Waals surface area contributed by atoms with Gasteiger partial charge in [-0.15, -0.1) is 0 Å². The molecule has 4 nitrogen and oxygen atoms in total. The van der Waals surface area contributed by atoms with E-state index in [1.807, 2.05) is 55.1 Å². The lowest BCUT2D eigenvalue weighted by Gasteiger charge is -2.12. The maximum atomic E-state index is 13.0. The number of Topliss-reactive ketones (excluding diaryl/α,β-unsaturated/α-hetero) is 1. The number of fused-ring (bicyclic) bond motifs is 2. The first-order valence-electron chi connectivity index (χ1n) is 10.1. The van der Waals surface area contributed by atoms with E-state index >= 15 is 0 Å². The van der Waals surface area contributed by atoms with E-state index in [4.69, 9.17) is 32.7 Å². The summed E-state index contributed by atoms with van der Waals surface area (Å²) < 4.78 is 14.0. The van der Waals surface area contributed by atoms with Crippen molar-refractivity contribution in [1.29, 1.82) is 0 Å². The Labute approximate surface area is 195 Å². The third-order valence-corrected chi connectivity index (χ3v) is 6.37. The van der Waals surface area contributed by atoms with Gasteiger partial charge in [0.05, 0.1) is 15.6 Å². The number of aromatic nitrogens is 1. The Bertz CT molecular complexity index is 1420. The van der Waals surface area contributed by atoms with Gasteiger partial charge in [-0.3, -0.25) is 4.79 Å². The topological polar surface area (TPSA) is 40.5 Å². The predicted octanol–water partition coefficient (Wildman–Crippen LogP) is 6.99. The normalized spacial score (nSPS) is 14.1. The lowest BCUT2D eigenvalue weighted by molar-refractivity contribution is 0.101. The number of carbonyl (C=O) groups excluding carboxylic acids is 1. The Hall–Kier alpha value is -3.21. The summed E-state index contributed by atoms with van der Waals surface area (Å²) in [5, 5.41) is 2.05. The zero-order valence-corrected chi connectivity index (χ0v) is 19.0. The fourth-order valence-electron chi connectivity index (χ4n) is 3.94. The van der Waals surface area contributed by atoms with Crippen LogP contribution in [-0.2, 0) is 13.7 Å². The zero-order chi connectivity index (χ0) is 22.4. The summed E-state index contributed by atoms with van der Waals surface area (Å²) in [7, 11) is 1.98. The maximum Gasteiger partial charge on any atom is 0.231 e. The molecule has 0 radical (unpaired) electrons. The summed E-state index contributed by atoms with van der Waals surface area (Å²) in [6.45, 7) is 2.21. The number of hydrogen-bond acceptors (Lipinski definition) is 3. The predicted molar refractivity (Wildman–Crippen MR) is 128 cm³/mol. The van der Waals surface area contributed by atoms with E-state index in [1.54, 1.807) is 30.3 Å². The van der Waals surface area contributed by atoms with Crippen LogP contribution in [0.15, 0.2) is 66.6 Å². The number of ether oxygens (including phenoxy) is 2. The van der Waals surface area contributed by atoms with Gasteiger partial charge in [0, 0.05) is 35.3 Å². The molecule has 32 heavy (non-hydrogen) atoms.